The molecule has 7 heteroatoms. The van der Waals surface area contributed by atoms with Gasteiger partial charge in [-0.25, -0.2) is 0 Å². The predicted molar refractivity (Wildman–Crippen MR) is 141 cm³/mol. The summed E-state index contributed by atoms with van der Waals surface area (Å²) in [7, 11) is 1.64. The zero-order chi connectivity index (χ0) is 24.6. The average Bonchev–Trinajstić information content (AvgIpc) is 3.28. The number of thioether (sulfide) groups is 1. The Bertz CT molecular complexity index is 1270. The summed E-state index contributed by atoms with van der Waals surface area (Å²) in [5, 5.41) is 9.82. The number of rotatable bonds is 10. The van der Waals surface area contributed by atoms with Crippen LogP contribution in [0.2, 0.25) is 0 Å². The van der Waals surface area contributed by atoms with Crippen LogP contribution in [0.5, 0.6) is 5.75 Å². The molecule has 0 unspecified atom stereocenters. The summed E-state index contributed by atoms with van der Waals surface area (Å²) in [5.74, 6) is 2.03. The van der Waals surface area contributed by atoms with Crippen molar-refractivity contribution < 1.29 is 9.53 Å². The second-order valence-corrected chi connectivity index (χ2v) is 9.22. The monoisotopic (exact) mass is 486 g/mol. The molecule has 0 saturated heterocycles. The van der Waals surface area contributed by atoms with E-state index in [-0.39, 0.29) is 5.91 Å². The van der Waals surface area contributed by atoms with E-state index in [9.17, 15) is 4.79 Å². The maximum Gasteiger partial charge on any atom is 0.235 e. The van der Waals surface area contributed by atoms with Crippen LogP contribution >= 0.6 is 11.8 Å². The Kier molecular flexibility index (Phi) is 8.21. The summed E-state index contributed by atoms with van der Waals surface area (Å²) in [6, 6.07) is 26.4. The fourth-order valence-electron chi connectivity index (χ4n) is 3.91. The number of aromatic nitrogens is 3. The molecule has 35 heavy (non-hydrogen) atoms. The second kappa shape index (κ2) is 11.7. The smallest absolute Gasteiger partial charge is 0.235 e. The number of methoxy groups -OCH3 is 1. The lowest BCUT2D eigenvalue weighted by atomic mass is 10.2. The second-order valence-electron chi connectivity index (χ2n) is 8.28. The molecule has 1 amide bonds. The molecule has 6 nitrogen and oxygen atoms in total. The topological polar surface area (TPSA) is 60.3 Å². The molecule has 0 N–H and O–H groups in total. The Labute approximate surface area is 211 Å². The number of anilines is 1. The molecule has 0 aliphatic carbocycles. The molecule has 4 aromatic rings. The molecule has 0 saturated carbocycles. The highest BCUT2D eigenvalue weighted by molar-refractivity contribution is 7.98. The first-order valence-corrected chi connectivity index (χ1v) is 12.6. The number of benzene rings is 3. The number of hydrogen-bond donors (Lipinski definition) is 0. The van der Waals surface area contributed by atoms with E-state index in [0.29, 0.717) is 25.5 Å². The molecule has 0 radical (unpaired) electrons. The number of ether oxygens (including phenoxy) is 1. The van der Waals surface area contributed by atoms with E-state index < -0.39 is 0 Å². The fourth-order valence-corrected chi connectivity index (χ4v) is 4.78. The summed E-state index contributed by atoms with van der Waals surface area (Å²) >= 11 is 1.63. The molecule has 0 atom stereocenters. The Morgan fingerprint density at radius 3 is 2.46 bits per heavy atom. The molecule has 3 aromatic carbocycles. The lowest BCUT2D eigenvalue weighted by molar-refractivity contribution is -0.118. The Balaban J connectivity index is 1.70. The quantitative estimate of drug-likeness (QED) is 0.262. The molecule has 0 aliphatic rings. The number of hydrogen-bond acceptors (Lipinski definition) is 5. The van der Waals surface area contributed by atoms with Gasteiger partial charge in [-0.1, -0.05) is 97.0 Å². The summed E-state index contributed by atoms with van der Waals surface area (Å²) in [6.07, 6.45) is 0.360. The number of carbonyl (C=O) groups excluding carboxylic acids is 1. The van der Waals surface area contributed by atoms with E-state index >= 15 is 0 Å². The van der Waals surface area contributed by atoms with E-state index in [0.717, 1.165) is 27.8 Å². The SMILES string of the molecule is CCC(=O)N(Cc1ccccc1OC)c1nnc(SCc2cccc(C)c2)n1Cc1ccccc1. The van der Waals surface area contributed by atoms with Gasteiger partial charge in [0, 0.05) is 17.7 Å². The van der Waals surface area contributed by atoms with Gasteiger partial charge in [0.05, 0.1) is 20.2 Å². The Morgan fingerprint density at radius 2 is 1.71 bits per heavy atom. The van der Waals surface area contributed by atoms with Crippen molar-refractivity contribution in [2.75, 3.05) is 12.0 Å². The summed E-state index contributed by atoms with van der Waals surface area (Å²) in [4.78, 5) is 14.9. The van der Waals surface area contributed by atoms with Gasteiger partial charge in [0.2, 0.25) is 11.9 Å². The third-order valence-electron chi connectivity index (χ3n) is 5.70. The van der Waals surface area contributed by atoms with E-state index in [1.165, 1.54) is 11.1 Å². The normalized spacial score (nSPS) is 10.8. The number of amides is 1. The molecule has 1 aromatic heterocycles. The van der Waals surface area contributed by atoms with E-state index in [4.69, 9.17) is 4.74 Å². The third-order valence-corrected chi connectivity index (χ3v) is 6.74. The molecular formula is C28H30N4O2S. The van der Waals surface area contributed by atoms with Crippen molar-refractivity contribution in [3.05, 3.63) is 101 Å². The minimum atomic E-state index is -0.0205. The van der Waals surface area contributed by atoms with Crippen molar-refractivity contribution in [1.82, 2.24) is 14.8 Å². The first-order chi connectivity index (χ1) is 17.1. The van der Waals surface area contributed by atoms with E-state index in [1.807, 2.05) is 54.0 Å². The Morgan fingerprint density at radius 1 is 0.971 bits per heavy atom. The van der Waals surface area contributed by atoms with Gasteiger partial charge in [-0.05, 0) is 24.1 Å². The lowest BCUT2D eigenvalue weighted by Gasteiger charge is -2.23. The number of aryl methyl sites for hydroxylation is 1. The van der Waals surface area contributed by atoms with Crippen LogP contribution in [0, 0.1) is 6.92 Å². The van der Waals surface area contributed by atoms with Crippen LogP contribution in [-0.2, 0) is 23.6 Å². The number of nitrogens with zero attached hydrogens (tertiary/aromatic N) is 4. The largest absolute Gasteiger partial charge is 0.496 e. The van der Waals surface area contributed by atoms with Crippen LogP contribution in [-0.4, -0.2) is 27.8 Å². The molecule has 0 spiro atoms. The van der Waals surface area contributed by atoms with Crippen LogP contribution in [0.25, 0.3) is 0 Å². The summed E-state index contributed by atoms with van der Waals surface area (Å²) < 4.78 is 7.58. The first kappa shape index (κ1) is 24.5. The molecule has 0 aliphatic heterocycles. The van der Waals surface area contributed by atoms with Gasteiger partial charge in [-0.15, -0.1) is 10.2 Å². The number of carbonyl (C=O) groups is 1. The molecular weight excluding hydrogens is 456 g/mol. The van der Waals surface area contributed by atoms with Gasteiger partial charge in [0.15, 0.2) is 5.16 Å². The van der Waals surface area contributed by atoms with E-state index in [2.05, 4.69) is 53.5 Å². The zero-order valence-electron chi connectivity index (χ0n) is 20.3. The number of para-hydroxylation sites is 1. The summed E-state index contributed by atoms with van der Waals surface area (Å²) in [6.45, 7) is 4.88. The van der Waals surface area contributed by atoms with Gasteiger partial charge >= 0.3 is 0 Å². The van der Waals surface area contributed by atoms with E-state index in [1.54, 1.807) is 23.8 Å². The molecule has 0 fully saturated rings. The van der Waals surface area contributed by atoms with Gasteiger partial charge in [-0.3, -0.25) is 14.3 Å². The molecule has 180 valence electrons. The van der Waals surface area contributed by atoms with Crippen LogP contribution in [0.4, 0.5) is 5.95 Å². The highest BCUT2D eigenvalue weighted by Gasteiger charge is 2.24. The van der Waals surface area contributed by atoms with Crippen molar-refractivity contribution in [1.29, 1.82) is 0 Å². The highest BCUT2D eigenvalue weighted by Crippen LogP contribution is 2.29. The van der Waals surface area contributed by atoms with Crippen molar-refractivity contribution >= 4 is 23.6 Å². The minimum Gasteiger partial charge on any atom is -0.496 e. The molecule has 4 rings (SSSR count). The van der Waals surface area contributed by atoms with Gasteiger partial charge in [0.1, 0.15) is 5.75 Å². The standard InChI is InChI=1S/C28H30N4O2S/c1-4-26(33)31(19-24-15-8-9-16-25(24)34-3)27-29-30-28(32(27)18-22-12-6-5-7-13-22)35-20-23-14-10-11-21(2)17-23/h5-17H,4,18-20H2,1-3H3. The van der Waals surface area contributed by atoms with Crippen LogP contribution in [0.3, 0.4) is 0 Å². The predicted octanol–water partition coefficient (Wildman–Crippen LogP) is 5.88. The molecule has 1 heterocycles. The van der Waals surface area contributed by atoms with Crippen molar-refractivity contribution in [2.24, 2.45) is 0 Å². The first-order valence-electron chi connectivity index (χ1n) is 11.7. The third kappa shape index (κ3) is 6.11. The minimum absolute atomic E-state index is 0.0205. The van der Waals surface area contributed by atoms with Gasteiger partial charge in [0.25, 0.3) is 0 Å². The van der Waals surface area contributed by atoms with Gasteiger partial charge in [-0.2, -0.15) is 0 Å². The maximum atomic E-state index is 13.1. The van der Waals surface area contributed by atoms with Crippen molar-refractivity contribution in [2.45, 2.75) is 44.3 Å². The average molecular weight is 487 g/mol. The van der Waals surface area contributed by atoms with Gasteiger partial charge < -0.3 is 4.74 Å². The lowest BCUT2D eigenvalue weighted by Crippen LogP contribution is -2.32. The highest BCUT2D eigenvalue weighted by atomic mass is 32.2. The van der Waals surface area contributed by atoms with Crippen LogP contribution in [0.15, 0.2) is 84.0 Å². The van der Waals surface area contributed by atoms with Crippen molar-refractivity contribution in [3.8, 4) is 5.75 Å². The fraction of sp³-hybridized carbons (Fsp3) is 0.250. The summed E-state index contributed by atoms with van der Waals surface area (Å²) in [5.41, 5.74) is 4.49. The Hall–Kier alpha value is -3.58. The van der Waals surface area contributed by atoms with Crippen molar-refractivity contribution in [3.63, 3.8) is 0 Å². The molecule has 0 bridgehead atoms. The van der Waals surface area contributed by atoms with Crippen LogP contribution in [0.1, 0.15) is 35.6 Å². The zero-order valence-corrected chi connectivity index (χ0v) is 21.2. The maximum absolute atomic E-state index is 13.1. The van der Waals surface area contributed by atoms with Crippen LogP contribution < -0.4 is 9.64 Å².